The van der Waals surface area contributed by atoms with E-state index in [-0.39, 0.29) is 11.5 Å². The van der Waals surface area contributed by atoms with Crippen LogP contribution >= 0.6 is 0 Å². The van der Waals surface area contributed by atoms with Crippen molar-refractivity contribution in [2.75, 3.05) is 13.2 Å². The first kappa shape index (κ1) is 19.0. The van der Waals surface area contributed by atoms with E-state index in [2.05, 4.69) is 9.88 Å². The number of nitrogens with zero attached hydrogens (tertiary/aromatic N) is 1. The fraction of sp³-hybridized carbons (Fsp3) is 0.421. The van der Waals surface area contributed by atoms with Crippen molar-refractivity contribution in [3.05, 3.63) is 58.2 Å². The lowest BCUT2D eigenvalue weighted by molar-refractivity contribution is -0.0413. The molecule has 5 N–H and O–H groups in total. The molecule has 3 heterocycles. The normalized spacial score (nSPS) is 25.1. The van der Waals surface area contributed by atoms with Crippen molar-refractivity contribution in [3.8, 4) is 0 Å². The maximum atomic E-state index is 14.0. The van der Waals surface area contributed by atoms with Crippen molar-refractivity contribution in [3.63, 3.8) is 0 Å². The number of aromatic amines is 1. The highest BCUT2D eigenvalue weighted by atomic mass is 19.2. The van der Waals surface area contributed by atoms with E-state index in [1.807, 2.05) is 0 Å². The zero-order valence-corrected chi connectivity index (χ0v) is 15.1. The number of ether oxygens (including phenoxy) is 1. The van der Waals surface area contributed by atoms with Crippen molar-refractivity contribution < 1.29 is 22.7 Å². The predicted octanol–water partition coefficient (Wildman–Crippen LogP) is 1.95. The maximum absolute atomic E-state index is 14.0. The molecule has 3 unspecified atom stereocenters. The Hall–Kier alpha value is -2.36. The third kappa shape index (κ3) is 3.41. The molecule has 3 atom stereocenters. The molecule has 0 aliphatic carbocycles. The second-order valence-corrected chi connectivity index (χ2v) is 7.51. The fourth-order valence-electron chi connectivity index (χ4n) is 4.19. The first-order valence-electron chi connectivity index (χ1n) is 9.06. The first-order chi connectivity index (χ1) is 13.3. The number of halogens is 3. The Balaban J connectivity index is 1.39. The number of aromatic nitrogens is 1. The number of benzene rings is 1. The molecular formula is C19H21F3N4O2. The van der Waals surface area contributed by atoms with E-state index in [0.29, 0.717) is 44.4 Å². The molecule has 6 nitrogen and oxygen atoms in total. The van der Waals surface area contributed by atoms with Crippen molar-refractivity contribution in [1.82, 2.24) is 9.88 Å². The summed E-state index contributed by atoms with van der Waals surface area (Å²) in [5, 5.41) is 0. The molecule has 1 aromatic heterocycles. The number of fused-ring (bicyclic) bond motifs is 1. The lowest BCUT2D eigenvalue weighted by Gasteiger charge is -2.36. The second-order valence-electron chi connectivity index (χ2n) is 7.51. The summed E-state index contributed by atoms with van der Waals surface area (Å²) in [7, 11) is 0. The molecule has 0 saturated carbocycles. The van der Waals surface area contributed by atoms with Crippen LogP contribution in [-0.4, -0.2) is 35.0 Å². The number of rotatable bonds is 4. The van der Waals surface area contributed by atoms with Gasteiger partial charge in [0.05, 0.1) is 6.61 Å². The van der Waals surface area contributed by atoms with Crippen LogP contribution in [0.15, 0.2) is 18.3 Å². The Morgan fingerprint density at radius 3 is 2.68 bits per heavy atom. The molecule has 4 rings (SSSR count). The SMILES string of the molecule is NC(=O)c1[nH]cc2c1CN(CC1COC(c3cc(F)c(F)cc3F)C(N)C1)C2. The molecule has 9 heteroatoms. The van der Waals surface area contributed by atoms with Crippen LogP contribution in [0.3, 0.4) is 0 Å². The van der Waals surface area contributed by atoms with Gasteiger partial charge >= 0.3 is 0 Å². The van der Waals surface area contributed by atoms with E-state index in [0.717, 1.165) is 17.2 Å². The Labute approximate surface area is 159 Å². The molecule has 0 bridgehead atoms. The summed E-state index contributed by atoms with van der Waals surface area (Å²) < 4.78 is 46.4. The van der Waals surface area contributed by atoms with E-state index in [1.54, 1.807) is 6.20 Å². The molecule has 1 amide bonds. The van der Waals surface area contributed by atoms with Crippen LogP contribution in [-0.2, 0) is 17.8 Å². The number of nitrogens with two attached hydrogens (primary N) is 2. The topological polar surface area (TPSA) is 97.4 Å². The zero-order valence-electron chi connectivity index (χ0n) is 15.1. The minimum atomic E-state index is -1.24. The summed E-state index contributed by atoms with van der Waals surface area (Å²) in [6, 6.07) is 0.789. The average molecular weight is 394 g/mol. The van der Waals surface area contributed by atoms with Crippen molar-refractivity contribution in [2.45, 2.75) is 31.7 Å². The van der Waals surface area contributed by atoms with Gasteiger partial charge in [-0.05, 0) is 24.0 Å². The smallest absolute Gasteiger partial charge is 0.265 e. The third-order valence-electron chi connectivity index (χ3n) is 5.47. The van der Waals surface area contributed by atoms with E-state index in [4.69, 9.17) is 16.2 Å². The molecule has 2 aliphatic rings. The molecule has 150 valence electrons. The second kappa shape index (κ2) is 7.23. The largest absolute Gasteiger partial charge is 0.371 e. The molecule has 28 heavy (non-hydrogen) atoms. The standard InChI is InChI=1S/C19H21F3N4O2/c20-13-3-15(22)14(21)2-11(13)18-16(23)1-9(8-28-18)5-26-6-10-4-25-17(19(24)27)12(10)7-26/h2-4,9,16,18,25H,1,5-8,23H2,(H2,24,27). The molecule has 0 radical (unpaired) electrons. The minimum absolute atomic E-state index is 0.0620. The van der Waals surface area contributed by atoms with Gasteiger partial charge in [-0.1, -0.05) is 0 Å². The number of hydrogen-bond donors (Lipinski definition) is 3. The van der Waals surface area contributed by atoms with Crippen molar-refractivity contribution in [2.24, 2.45) is 17.4 Å². The van der Waals surface area contributed by atoms with Crippen LogP contribution in [0.4, 0.5) is 13.2 Å². The maximum Gasteiger partial charge on any atom is 0.265 e. The number of amides is 1. The number of carbonyl (C=O) groups excluding carboxylic acids is 1. The summed E-state index contributed by atoms with van der Waals surface area (Å²) in [4.78, 5) is 16.5. The van der Waals surface area contributed by atoms with Gasteiger partial charge in [0.2, 0.25) is 0 Å². The number of primary amides is 1. The Morgan fingerprint density at radius 1 is 1.21 bits per heavy atom. The van der Waals surface area contributed by atoms with Crippen LogP contribution in [0.25, 0.3) is 0 Å². The molecule has 2 aliphatic heterocycles. The Kier molecular flexibility index (Phi) is 4.90. The average Bonchev–Trinajstić information content (AvgIpc) is 3.18. The molecule has 2 aromatic rings. The van der Waals surface area contributed by atoms with E-state index in [9.17, 15) is 18.0 Å². The number of H-pyrrole nitrogens is 1. The van der Waals surface area contributed by atoms with E-state index >= 15 is 0 Å². The lowest BCUT2D eigenvalue weighted by Crippen LogP contribution is -2.42. The Morgan fingerprint density at radius 2 is 1.96 bits per heavy atom. The van der Waals surface area contributed by atoms with E-state index in [1.165, 1.54) is 0 Å². The lowest BCUT2D eigenvalue weighted by atomic mass is 9.90. The summed E-state index contributed by atoms with van der Waals surface area (Å²) >= 11 is 0. The quantitative estimate of drug-likeness (QED) is 0.691. The van der Waals surface area contributed by atoms with Gasteiger partial charge in [-0.25, -0.2) is 13.2 Å². The van der Waals surface area contributed by atoms with Crippen LogP contribution in [0.1, 0.15) is 39.7 Å². The van der Waals surface area contributed by atoms with Crippen LogP contribution < -0.4 is 11.5 Å². The highest BCUT2D eigenvalue weighted by Gasteiger charge is 2.34. The number of hydrogen-bond acceptors (Lipinski definition) is 4. The highest BCUT2D eigenvalue weighted by molar-refractivity contribution is 5.93. The fourth-order valence-corrected chi connectivity index (χ4v) is 4.19. The third-order valence-corrected chi connectivity index (χ3v) is 5.47. The molecular weight excluding hydrogens is 373 g/mol. The summed E-state index contributed by atoms with van der Waals surface area (Å²) in [6.07, 6.45) is 1.53. The van der Waals surface area contributed by atoms with Crippen LogP contribution in [0.2, 0.25) is 0 Å². The van der Waals surface area contributed by atoms with Gasteiger partial charge in [-0.2, -0.15) is 0 Å². The minimum Gasteiger partial charge on any atom is -0.371 e. The molecule has 1 saturated heterocycles. The van der Waals surface area contributed by atoms with Gasteiger partial charge in [-0.3, -0.25) is 9.69 Å². The Bertz CT molecular complexity index is 917. The van der Waals surface area contributed by atoms with Gasteiger partial charge < -0.3 is 21.2 Å². The van der Waals surface area contributed by atoms with Crippen molar-refractivity contribution >= 4 is 5.91 Å². The van der Waals surface area contributed by atoms with Crippen LogP contribution in [0.5, 0.6) is 0 Å². The number of nitrogens with one attached hydrogen (secondary N) is 1. The summed E-state index contributed by atoms with van der Waals surface area (Å²) in [6.45, 7) is 2.30. The van der Waals surface area contributed by atoms with Gasteiger partial charge in [-0.15, -0.1) is 0 Å². The first-order valence-corrected chi connectivity index (χ1v) is 9.06. The van der Waals surface area contributed by atoms with Crippen molar-refractivity contribution in [1.29, 1.82) is 0 Å². The van der Waals surface area contributed by atoms with Gasteiger partial charge in [0, 0.05) is 49.1 Å². The van der Waals surface area contributed by atoms with E-state index < -0.39 is 35.5 Å². The highest BCUT2D eigenvalue weighted by Crippen LogP contribution is 2.34. The van der Waals surface area contributed by atoms with Crippen LogP contribution in [0, 0.1) is 23.4 Å². The summed E-state index contributed by atoms with van der Waals surface area (Å²) in [5.41, 5.74) is 13.9. The number of carbonyl (C=O) groups is 1. The molecule has 0 spiro atoms. The zero-order chi connectivity index (χ0) is 20.0. The predicted molar refractivity (Wildman–Crippen MR) is 94.5 cm³/mol. The monoisotopic (exact) mass is 394 g/mol. The molecule has 1 fully saturated rings. The molecule has 1 aromatic carbocycles. The van der Waals surface area contributed by atoms with Gasteiger partial charge in [0.1, 0.15) is 17.6 Å². The van der Waals surface area contributed by atoms with Gasteiger partial charge in [0.15, 0.2) is 11.6 Å². The summed E-state index contributed by atoms with van der Waals surface area (Å²) in [5.74, 6) is -3.61. The van der Waals surface area contributed by atoms with Gasteiger partial charge in [0.25, 0.3) is 5.91 Å².